The van der Waals surface area contributed by atoms with Crippen molar-refractivity contribution in [2.75, 3.05) is 25.5 Å². The molecular weight excluding hydrogens is 526 g/mol. The summed E-state index contributed by atoms with van der Waals surface area (Å²) in [6.07, 6.45) is 5.68. The van der Waals surface area contributed by atoms with Gasteiger partial charge in [-0.3, -0.25) is 4.79 Å². The Labute approximate surface area is 230 Å². The minimum absolute atomic E-state index is 0.318. The van der Waals surface area contributed by atoms with Gasteiger partial charge in [0.1, 0.15) is 10.6 Å². The maximum atomic E-state index is 12.4. The van der Waals surface area contributed by atoms with E-state index in [1.165, 1.54) is 59.5 Å². The summed E-state index contributed by atoms with van der Waals surface area (Å²) in [4.78, 5) is 32.4. The van der Waals surface area contributed by atoms with Crippen LogP contribution in [0.25, 0.3) is 16.0 Å². The van der Waals surface area contributed by atoms with Gasteiger partial charge in [0.25, 0.3) is 5.91 Å². The summed E-state index contributed by atoms with van der Waals surface area (Å²) in [7, 11) is 2.15. The number of likely N-dealkylation sites (N-methyl/N-ethyl adjacent to an activating group) is 1. The van der Waals surface area contributed by atoms with Gasteiger partial charge in [0.15, 0.2) is 0 Å². The van der Waals surface area contributed by atoms with Gasteiger partial charge in [-0.2, -0.15) is 0 Å². The van der Waals surface area contributed by atoms with Crippen LogP contribution < -0.4 is 5.32 Å². The second-order valence-corrected chi connectivity index (χ2v) is 12.3. The van der Waals surface area contributed by atoms with Gasteiger partial charge in [-0.25, -0.2) is 9.78 Å². The first kappa shape index (κ1) is 26.1. The maximum Gasteiger partial charge on any atom is 0.346 e. The van der Waals surface area contributed by atoms with Gasteiger partial charge in [-0.15, -0.1) is 22.7 Å². The summed E-state index contributed by atoms with van der Waals surface area (Å²) in [6, 6.07) is 7.44. The molecule has 2 aromatic heterocycles. The molecule has 1 fully saturated rings. The molecule has 1 aliphatic carbocycles. The molecule has 1 aromatic carbocycles. The minimum Gasteiger partial charge on any atom is -0.477 e. The fourth-order valence-electron chi connectivity index (χ4n) is 5.42. The first-order valence-corrected chi connectivity index (χ1v) is 14.7. The lowest BCUT2D eigenvalue weighted by atomic mass is 9.75. The Morgan fingerprint density at radius 2 is 1.97 bits per heavy atom. The van der Waals surface area contributed by atoms with Crippen molar-refractivity contribution in [3.63, 3.8) is 0 Å². The number of amides is 1. The highest BCUT2D eigenvalue weighted by atomic mass is 35.5. The quantitative estimate of drug-likeness (QED) is 0.331. The number of hydrogen-bond acceptors (Lipinski definition) is 6. The number of rotatable bonds is 6. The Morgan fingerprint density at radius 3 is 2.65 bits per heavy atom. The van der Waals surface area contributed by atoms with Crippen LogP contribution in [0.4, 0.5) is 5.69 Å². The fraction of sp³-hybridized carbons (Fsp3) is 0.393. The highest BCUT2D eigenvalue weighted by Gasteiger charge is 2.30. The van der Waals surface area contributed by atoms with Gasteiger partial charge in [0.05, 0.1) is 16.2 Å². The topological polar surface area (TPSA) is 82.5 Å². The van der Waals surface area contributed by atoms with Crippen molar-refractivity contribution in [3.05, 3.63) is 61.9 Å². The van der Waals surface area contributed by atoms with Crippen molar-refractivity contribution < 1.29 is 14.7 Å². The highest BCUT2D eigenvalue weighted by Crippen LogP contribution is 2.44. The number of benzene rings is 1. The summed E-state index contributed by atoms with van der Waals surface area (Å²) in [5.41, 5.74) is 6.76. The normalized spacial score (nSPS) is 20.7. The molecule has 2 N–H and O–H groups in total. The number of carbonyl (C=O) groups is 2. The summed E-state index contributed by atoms with van der Waals surface area (Å²) in [5, 5.41) is 15.0. The molecule has 194 valence electrons. The number of thiazole rings is 1. The molecule has 37 heavy (non-hydrogen) atoms. The zero-order valence-electron chi connectivity index (χ0n) is 20.9. The van der Waals surface area contributed by atoms with Crippen LogP contribution in [0.3, 0.4) is 0 Å². The number of carboxylic acids is 1. The average Bonchev–Trinajstić information content (AvgIpc) is 3.57. The van der Waals surface area contributed by atoms with E-state index in [2.05, 4.69) is 29.2 Å². The predicted molar refractivity (Wildman–Crippen MR) is 152 cm³/mol. The average molecular weight is 556 g/mol. The Morgan fingerprint density at radius 1 is 1.19 bits per heavy atom. The van der Waals surface area contributed by atoms with E-state index in [1.54, 1.807) is 23.0 Å². The lowest BCUT2D eigenvalue weighted by molar-refractivity contribution is 0.0701. The minimum atomic E-state index is -0.896. The van der Waals surface area contributed by atoms with Crippen LogP contribution in [0.5, 0.6) is 0 Å². The molecule has 2 aliphatic rings. The molecule has 0 radical (unpaired) electrons. The highest BCUT2D eigenvalue weighted by molar-refractivity contribution is 7.17. The molecule has 6 nitrogen and oxygen atoms in total. The monoisotopic (exact) mass is 555 g/mol. The van der Waals surface area contributed by atoms with E-state index in [0.29, 0.717) is 27.2 Å². The number of nitrogens with zero attached hydrogens (tertiary/aromatic N) is 2. The SMILES string of the molecule is CC1CCC(C2=C(c3cc(-c4ccc(NC(=O)c5cscn5)c(Cl)c4)sc3C(=O)O)CCN(C)C2)CC1. The molecule has 0 saturated heterocycles. The maximum absolute atomic E-state index is 12.4. The number of aromatic carboxylic acids is 1. The number of anilines is 1. The van der Waals surface area contributed by atoms with Crippen LogP contribution in [0.15, 0.2) is 40.7 Å². The predicted octanol–water partition coefficient (Wildman–Crippen LogP) is 7.39. The number of carbonyl (C=O) groups excluding carboxylic acids is 1. The van der Waals surface area contributed by atoms with E-state index in [-0.39, 0.29) is 5.91 Å². The Hall–Kier alpha value is -2.52. The summed E-state index contributed by atoms with van der Waals surface area (Å²) >= 11 is 9.18. The van der Waals surface area contributed by atoms with Gasteiger partial charge >= 0.3 is 5.97 Å². The molecular formula is C28H30ClN3O3S2. The third-order valence-corrected chi connectivity index (χ3v) is 9.57. The van der Waals surface area contributed by atoms with Gasteiger partial charge in [0.2, 0.25) is 0 Å². The molecule has 1 aliphatic heterocycles. The first-order valence-electron chi connectivity index (χ1n) is 12.6. The summed E-state index contributed by atoms with van der Waals surface area (Å²) < 4.78 is 0. The molecule has 1 amide bonds. The largest absolute Gasteiger partial charge is 0.477 e. The second-order valence-electron chi connectivity index (χ2n) is 10.1. The number of halogens is 1. The summed E-state index contributed by atoms with van der Waals surface area (Å²) in [5.74, 6) is 0.0748. The number of hydrogen-bond donors (Lipinski definition) is 2. The zero-order valence-corrected chi connectivity index (χ0v) is 23.3. The second kappa shape index (κ2) is 11.1. The van der Waals surface area contributed by atoms with E-state index in [4.69, 9.17) is 11.6 Å². The number of aromatic nitrogens is 1. The van der Waals surface area contributed by atoms with Gasteiger partial charge in [-0.1, -0.05) is 37.4 Å². The molecule has 3 aromatic rings. The summed E-state index contributed by atoms with van der Waals surface area (Å²) in [6.45, 7) is 4.15. The van der Waals surface area contributed by atoms with Crippen molar-refractivity contribution in [3.8, 4) is 10.4 Å². The van der Waals surface area contributed by atoms with Crippen LogP contribution in [0.2, 0.25) is 5.02 Å². The first-order chi connectivity index (χ1) is 17.8. The van der Waals surface area contributed by atoms with Crippen molar-refractivity contribution in [2.24, 2.45) is 11.8 Å². The number of thiophene rings is 1. The van der Waals surface area contributed by atoms with Crippen molar-refractivity contribution in [1.82, 2.24) is 9.88 Å². The van der Waals surface area contributed by atoms with E-state index < -0.39 is 5.97 Å². The van der Waals surface area contributed by atoms with Crippen LogP contribution >= 0.6 is 34.3 Å². The molecule has 1 saturated carbocycles. The zero-order chi connectivity index (χ0) is 26.1. The van der Waals surface area contributed by atoms with Crippen LogP contribution in [-0.4, -0.2) is 47.0 Å². The Balaban J connectivity index is 1.48. The van der Waals surface area contributed by atoms with E-state index >= 15 is 0 Å². The third kappa shape index (κ3) is 5.67. The van der Waals surface area contributed by atoms with Gasteiger partial charge in [0, 0.05) is 28.9 Å². The molecule has 0 atom stereocenters. The smallest absolute Gasteiger partial charge is 0.346 e. The van der Waals surface area contributed by atoms with Crippen LogP contribution in [0, 0.1) is 11.8 Å². The van der Waals surface area contributed by atoms with Crippen LogP contribution in [-0.2, 0) is 0 Å². The lowest BCUT2D eigenvalue weighted by Crippen LogP contribution is -2.31. The fourth-order valence-corrected chi connectivity index (χ4v) is 7.20. The van der Waals surface area contributed by atoms with Gasteiger partial charge in [-0.05, 0) is 73.1 Å². The number of nitrogens with one attached hydrogen (secondary N) is 1. The van der Waals surface area contributed by atoms with Crippen LogP contribution in [0.1, 0.15) is 64.8 Å². The van der Waals surface area contributed by atoms with E-state index in [9.17, 15) is 14.7 Å². The molecule has 0 spiro atoms. The Bertz CT molecular complexity index is 1340. The lowest BCUT2D eigenvalue weighted by Gasteiger charge is -2.35. The Kier molecular flexibility index (Phi) is 7.81. The van der Waals surface area contributed by atoms with Gasteiger partial charge < -0.3 is 15.3 Å². The van der Waals surface area contributed by atoms with Crippen molar-refractivity contribution in [1.29, 1.82) is 0 Å². The molecule has 9 heteroatoms. The van der Waals surface area contributed by atoms with E-state index in [0.717, 1.165) is 41.4 Å². The molecule has 5 rings (SSSR count). The third-order valence-electron chi connectivity index (χ3n) is 7.50. The molecule has 3 heterocycles. The van der Waals surface area contributed by atoms with Crippen molar-refractivity contribution in [2.45, 2.75) is 39.0 Å². The molecule has 0 bridgehead atoms. The van der Waals surface area contributed by atoms with Crippen molar-refractivity contribution >= 4 is 57.4 Å². The molecule has 0 unspecified atom stereocenters. The standard InChI is InChI=1S/C28H30ClN3O3S2/c1-16-3-5-17(6-4-16)21-13-32(2)10-9-19(21)20-12-25(37-26(20)28(34)35)18-7-8-23(22(29)11-18)31-27(33)24-14-36-15-30-24/h7-8,11-12,14-17H,3-6,9-10,13H2,1-2H3,(H,31,33)(H,34,35). The number of carboxylic acid groups (broad SMARTS) is 1. The van der Waals surface area contributed by atoms with E-state index in [1.807, 2.05) is 12.1 Å².